The van der Waals surface area contributed by atoms with Gasteiger partial charge >= 0.3 is 0 Å². The molecule has 0 spiro atoms. The van der Waals surface area contributed by atoms with E-state index >= 15 is 0 Å². The first-order chi connectivity index (χ1) is 13.0. The second kappa shape index (κ2) is 7.11. The fourth-order valence-electron chi connectivity index (χ4n) is 3.41. The van der Waals surface area contributed by atoms with Gasteiger partial charge in [0.2, 0.25) is 5.91 Å². The van der Waals surface area contributed by atoms with Crippen molar-refractivity contribution in [3.05, 3.63) is 45.1 Å². The van der Waals surface area contributed by atoms with E-state index in [1.807, 2.05) is 0 Å². The van der Waals surface area contributed by atoms with Crippen LogP contribution in [-0.2, 0) is 24.2 Å². The molecule has 8 heteroatoms. The first-order valence-electron chi connectivity index (χ1n) is 8.87. The first kappa shape index (κ1) is 17.7. The molecule has 0 fully saturated rings. The lowest BCUT2D eigenvalue weighted by atomic mass is 9.89. The van der Waals surface area contributed by atoms with Gasteiger partial charge in [0, 0.05) is 10.6 Å². The fourth-order valence-corrected chi connectivity index (χ4v) is 4.72. The zero-order valence-corrected chi connectivity index (χ0v) is 16.0. The van der Waals surface area contributed by atoms with E-state index in [1.54, 1.807) is 42.7 Å². The Kier molecular flexibility index (Phi) is 4.65. The summed E-state index contributed by atoms with van der Waals surface area (Å²) >= 11 is 1.55. The number of rotatable bonds is 4. The predicted octanol–water partition coefficient (Wildman–Crippen LogP) is 2.63. The summed E-state index contributed by atoms with van der Waals surface area (Å²) in [5.41, 5.74) is 1.49. The number of carbonyl (C=O) groups is 1. The summed E-state index contributed by atoms with van der Waals surface area (Å²) in [5, 5.41) is 11.5. The Morgan fingerprint density at radius 2 is 2.15 bits per heavy atom. The van der Waals surface area contributed by atoms with Crippen LogP contribution in [0.15, 0.2) is 29.1 Å². The van der Waals surface area contributed by atoms with Gasteiger partial charge in [-0.1, -0.05) is 12.1 Å². The highest BCUT2D eigenvalue weighted by Gasteiger charge is 2.24. The largest absolute Gasteiger partial charge is 0.497 e. The van der Waals surface area contributed by atoms with Gasteiger partial charge in [-0.2, -0.15) is 0 Å². The van der Waals surface area contributed by atoms with E-state index in [9.17, 15) is 9.59 Å². The Morgan fingerprint density at radius 3 is 2.89 bits per heavy atom. The van der Waals surface area contributed by atoms with E-state index in [1.165, 1.54) is 4.88 Å². The molecule has 0 saturated heterocycles. The Balaban J connectivity index is 1.57. The molecule has 0 saturated carbocycles. The Morgan fingerprint density at radius 1 is 1.37 bits per heavy atom. The molecule has 1 atom stereocenters. The Bertz CT molecular complexity index is 1060. The summed E-state index contributed by atoms with van der Waals surface area (Å²) in [7, 11) is 1.58. The molecule has 1 aliphatic carbocycles. The van der Waals surface area contributed by atoms with Crippen LogP contribution in [0.1, 0.15) is 23.8 Å². The summed E-state index contributed by atoms with van der Waals surface area (Å²) in [5.74, 6) is 1.00. The van der Waals surface area contributed by atoms with Crippen LogP contribution in [0.2, 0.25) is 0 Å². The first-order valence-corrected chi connectivity index (χ1v) is 9.68. The minimum Gasteiger partial charge on any atom is -0.497 e. The molecule has 140 valence electrons. The minimum absolute atomic E-state index is 0.172. The highest BCUT2D eigenvalue weighted by Crippen LogP contribution is 2.35. The van der Waals surface area contributed by atoms with Crippen molar-refractivity contribution < 1.29 is 9.53 Å². The number of hydrogen-bond donors (Lipinski definition) is 1. The van der Waals surface area contributed by atoms with Crippen LogP contribution in [0.25, 0.3) is 10.2 Å². The number of benzene rings is 1. The van der Waals surface area contributed by atoms with Crippen molar-refractivity contribution in [1.82, 2.24) is 15.0 Å². The van der Waals surface area contributed by atoms with Crippen LogP contribution < -0.4 is 15.6 Å². The molecule has 27 heavy (non-hydrogen) atoms. The van der Waals surface area contributed by atoms with Crippen LogP contribution in [-0.4, -0.2) is 28.0 Å². The number of aromatic nitrogens is 3. The molecular weight excluding hydrogens is 364 g/mol. The van der Waals surface area contributed by atoms with Crippen LogP contribution >= 0.6 is 11.3 Å². The molecule has 0 unspecified atom stereocenters. The van der Waals surface area contributed by atoms with Gasteiger partial charge in [-0.15, -0.1) is 16.4 Å². The monoisotopic (exact) mass is 384 g/mol. The van der Waals surface area contributed by atoms with Gasteiger partial charge in [0.15, 0.2) is 4.83 Å². The SMILES string of the molecule is COc1ccc(NC(=O)Cn2nnc3sc4c(c3c2=O)CC[C@H](C)C4)cc1. The molecule has 1 aromatic carbocycles. The van der Waals surface area contributed by atoms with Crippen molar-refractivity contribution in [2.45, 2.75) is 32.7 Å². The van der Waals surface area contributed by atoms with Gasteiger partial charge in [0.25, 0.3) is 5.56 Å². The number of carbonyl (C=O) groups excluding carboxylic acids is 1. The maximum Gasteiger partial charge on any atom is 0.279 e. The molecule has 1 aliphatic rings. The maximum atomic E-state index is 12.9. The van der Waals surface area contributed by atoms with Crippen molar-refractivity contribution in [2.24, 2.45) is 5.92 Å². The molecular formula is C19H20N4O3S. The van der Waals surface area contributed by atoms with Gasteiger partial charge in [0.05, 0.1) is 12.5 Å². The van der Waals surface area contributed by atoms with E-state index in [4.69, 9.17) is 4.74 Å². The van der Waals surface area contributed by atoms with Gasteiger partial charge in [0.1, 0.15) is 12.3 Å². The molecule has 4 rings (SSSR count). The van der Waals surface area contributed by atoms with Crippen molar-refractivity contribution in [3.8, 4) is 5.75 Å². The molecule has 2 heterocycles. The van der Waals surface area contributed by atoms with Crippen LogP contribution in [0, 0.1) is 5.92 Å². The average molecular weight is 384 g/mol. The van der Waals surface area contributed by atoms with Crippen LogP contribution in [0.3, 0.4) is 0 Å². The highest BCUT2D eigenvalue weighted by molar-refractivity contribution is 7.18. The number of nitrogens with zero attached hydrogens (tertiary/aromatic N) is 3. The summed E-state index contributed by atoms with van der Waals surface area (Å²) in [6.07, 6.45) is 2.93. The quantitative estimate of drug-likeness (QED) is 0.747. The van der Waals surface area contributed by atoms with E-state index < -0.39 is 0 Å². The van der Waals surface area contributed by atoms with E-state index in [0.29, 0.717) is 27.6 Å². The second-order valence-corrected chi connectivity index (χ2v) is 7.94. The molecule has 0 radical (unpaired) electrons. The van der Waals surface area contributed by atoms with Gasteiger partial charge < -0.3 is 10.1 Å². The standard InChI is InChI=1S/C19H20N4O3S/c1-11-3-8-14-15(9-11)27-18-17(14)19(25)23(22-21-18)10-16(24)20-12-4-6-13(26-2)7-5-12/h4-7,11H,3,8-10H2,1-2H3,(H,20,24)/t11-/m0/s1. The number of nitrogens with one attached hydrogen (secondary N) is 1. The van der Waals surface area contributed by atoms with Gasteiger partial charge in [-0.3, -0.25) is 9.59 Å². The third kappa shape index (κ3) is 3.44. The van der Waals surface area contributed by atoms with Crippen LogP contribution in [0.5, 0.6) is 5.75 Å². The normalized spacial score (nSPS) is 16.1. The number of thiophene rings is 1. The van der Waals surface area contributed by atoms with E-state index in [0.717, 1.165) is 29.5 Å². The summed E-state index contributed by atoms with van der Waals surface area (Å²) in [4.78, 5) is 27.1. The molecule has 1 amide bonds. The zero-order chi connectivity index (χ0) is 19.0. The number of ether oxygens (including phenoxy) is 1. The molecule has 0 bridgehead atoms. The fraction of sp³-hybridized carbons (Fsp3) is 0.368. The average Bonchev–Trinajstić information content (AvgIpc) is 3.02. The smallest absolute Gasteiger partial charge is 0.279 e. The summed E-state index contributed by atoms with van der Waals surface area (Å²) < 4.78 is 6.24. The molecule has 3 aromatic rings. The minimum atomic E-state index is -0.325. The van der Waals surface area contributed by atoms with E-state index in [2.05, 4.69) is 22.6 Å². The summed E-state index contributed by atoms with van der Waals surface area (Å²) in [6.45, 7) is 2.05. The van der Waals surface area contributed by atoms with Crippen molar-refractivity contribution >= 4 is 33.1 Å². The number of methoxy groups -OCH3 is 1. The third-order valence-corrected chi connectivity index (χ3v) is 5.99. The maximum absolute atomic E-state index is 12.9. The Hall–Kier alpha value is -2.74. The lowest BCUT2D eigenvalue weighted by molar-refractivity contribution is -0.117. The third-order valence-electron chi connectivity index (χ3n) is 4.85. The molecule has 0 aliphatic heterocycles. The number of amides is 1. The van der Waals surface area contributed by atoms with Gasteiger partial charge in [-0.25, -0.2) is 4.68 Å². The predicted molar refractivity (Wildman–Crippen MR) is 104 cm³/mol. The van der Waals surface area contributed by atoms with Crippen molar-refractivity contribution in [1.29, 1.82) is 0 Å². The summed E-state index contributed by atoms with van der Waals surface area (Å²) in [6, 6.07) is 6.99. The van der Waals surface area contributed by atoms with E-state index in [-0.39, 0.29) is 18.0 Å². The lowest BCUT2D eigenvalue weighted by Crippen LogP contribution is -2.30. The number of fused-ring (bicyclic) bond motifs is 3. The zero-order valence-electron chi connectivity index (χ0n) is 15.2. The molecule has 7 nitrogen and oxygen atoms in total. The van der Waals surface area contributed by atoms with Crippen molar-refractivity contribution in [2.75, 3.05) is 12.4 Å². The Labute approximate surface area is 160 Å². The topological polar surface area (TPSA) is 86.1 Å². The lowest BCUT2D eigenvalue weighted by Gasteiger charge is -2.17. The van der Waals surface area contributed by atoms with Crippen LogP contribution in [0.4, 0.5) is 5.69 Å². The van der Waals surface area contributed by atoms with Crippen molar-refractivity contribution in [3.63, 3.8) is 0 Å². The second-order valence-electron chi connectivity index (χ2n) is 6.86. The molecule has 2 aromatic heterocycles. The number of anilines is 1. The number of hydrogen-bond acceptors (Lipinski definition) is 6. The number of aryl methyl sites for hydroxylation is 1. The highest BCUT2D eigenvalue weighted by atomic mass is 32.1. The van der Waals surface area contributed by atoms with Gasteiger partial charge in [-0.05, 0) is 55.0 Å². The molecule has 1 N–H and O–H groups in total.